The minimum absolute atomic E-state index is 0.580. The lowest BCUT2D eigenvalue weighted by molar-refractivity contribution is 1.18. The molecule has 0 saturated carbocycles. The first-order chi connectivity index (χ1) is 25.7. The number of nitrogens with zero attached hydrogens (tertiary/aromatic N) is 5. The summed E-state index contributed by atoms with van der Waals surface area (Å²) < 4.78 is 0. The van der Waals surface area contributed by atoms with E-state index in [0.29, 0.717) is 11.4 Å². The Hall–Kier alpha value is -7.29. The molecule has 0 radical (unpaired) electrons. The number of fused-ring (bicyclic) bond motifs is 2. The molecule has 5 heteroatoms. The van der Waals surface area contributed by atoms with E-state index in [-0.39, 0.29) is 0 Å². The van der Waals surface area contributed by atoms with Gasteiger partial charge in [0.25, 0.3) is 0 Å². The molecule has 0 N–H and O–H groups in total. The Morgan fingerprint density at radius 3 is 1.56 bits per heavy atom. The van der Waals surface area contributed by atoms with E-state index in [1.54, 1.807) is 0 Å². The Balaban J connectivity index is 1.15. The molecule has 0 amide bonds. The van der Waals surface area contributed by atoms with Gasteiger partial charge in [0.2, 0.25) is 0 Å². The zero-order valence-electron chi connectivity index (χ0n) is 28.0. The zero-order valence-corrected chi connectivity index (χ0v) is 28.0. The van der Waals surface area contributed by atoms with E-state index in [9.17, 15) is 5.26 Å². The van der Waals surface area contributed by atoms with Crippen molar-refractivity contribution in [1.82, 2.24) is 19.9 Å². The summed E-state index contributed by atoms with van der Waals surface area (Å²) >= 11 is 0. The summed E-state index contributed by atoms with van der Waals surface area (Å²) in [5.41, 5.74) is 12.5. The molecule has 5 nitrogen and oxygen atoms in total. The molecule has 0 atom stereocenters. The predicted molar refractivity (Wildman–Crippen MR) is 210 cm³/mol. The molecule has 2 heterocycles. The van der Waals surface area contributed by atoms with Crippen molar-refractivity contribution in [2.75, 3.05) is 0 Å². The molecule has 242 valence electrons. The summed E-state index contributed by atoms with van der Waals surface area (Å²) in [4.78, 5) is 20.2. The number of benzene rings is 7. The molecule has 52 heavy (non-hydrogen) atoms. The van der Waals surface area contributed by atoms with Crippen molar-refractivity contribution in [3.05, 3.63) is 181 Å². The number of rotatable bonds is 6. The van der Waals surface area contributed by atoms with Gasteiger partial charge in [0.15, 0.2) is 5.82 Å². The van der Waals surface area contributed by atoms with Crippen molar-refractivity contribution in [2.24, 2.45) is 0 Å². The standard InChI is InChI=1S/C47H29N5/c48-30-31-12-11-17-36(28-31)45-46(50-42-21-10-9-20-41(42)49-45)40-27-26-37(38-18-7-8-19-39(38)40)32-22-24-34(25-23-32)44-29-43(33-13-3-1-4-14-33)51-47(52-44)35-15-5-2-6-16-35/h1-29H. The fourth-order valence-electron chi connectivity index (χ4n) is 6.77. The van der Waals surface area contributed by atoms with Crippen LogP contribution in [0.5, 0.6) is 0 Å². The molecule has 0 aliphatic carbocycles. The third-order valence-corrected chi connectivity index (χ3v) is 9.33. The maximum absolute atomic E-state index is 9.66. The van der Waals surface area contributed by atoms with Crippen LogP contribution in [-0.4, -0.2) is 19.9 Å². The maximum Gasteiger partial charge on any atom is 0.160 e. The number of hydrogen-bond acceptors (Lipinski definition) is 5. The minimum Gasteiger partial charge on any atom is -0.244 e. The van der Waals surface area contributed by atoms with Gasteiger partial charge in [-0.2, -0.15) is 5.26 Å². The fourth-order valence-corrected chi connectivity index (χ4v) is 6.77. The zero-order chi connectivity index (χ0) is 34.9. The van der Waals surface area contributed by atoms with Gasteiger partial charge in [-0.1, -0.05) is 146 Å². The Kier molecular flexibility index (Phi) is 7.81. The molecular formula is C47H29N5. The Morgan fingerprint density at radius 1 is 0.365 bits per heavy atom. The highest BCUT2D eigenvalue weighted by Gasteiger charge is 2.18. The van der Waals surface area contributed by atoms with Crippen LogP contribution in [0, 0.1) is 11.3 Å². The van der Waals surface area contributed by atoms with Gasteiger partial charge in [0.05, 0.1) is 45.4 Å². The third-order valence-electron chi connectivity index (χ3n) is 9.33. The first-order valence-corrected chi connectivity index (χ1v) is 17.1. The van der Waals surface area contributed by atoms with E-state index in [1.807, 2.05) is 97.1 Å². The van der Waals surface area contributed by atoms with Crippen LogP contribution in [0.2, 0.25) is 0 Å². The molecule has 0 spiro atoms. The van der Waals surface area contributed by atoms with Gasteiger partial charge in [0.1, 0.15) is 0 Å². The van der Waals surface area contributed by atoms with Crippen LogP contribution in [0.4, 0.5) is 0 Å². The third kappa shape index (κ3) is 5.75. The largest absolute Gasteiger partial charge is 0.244 e. The monoisotopic (exact) mass is 663 g/mol. The van der Waals surface area contributed by atoms with Crippen LogP contribution >= 0.6 is 0 Å². The van der Waals surface area contributed by atoms with E-state index < -0.39 is 0 Å². The van der Waals surface area contributed by atoms with Gasteiger partial charge < -0.3 is 0 Å². The van der Waals surface area contributed by atoms with Crippen LogP contribution < -0.4 is 0 Å². The minimum atomic E-state index is 0.580. The predicted octanol–water partition coefficient (Wildman–Crippen LogP) is 11.4. The van der Waals surface area contributed by atoms with Crippen molar-refractivity contribution in [3.8, 4) is 73.6 Å². The Bertz CT molecular complexity index is 2730. The van der Waals surface area contributed by atoms with Gasteiger partial charge in [-0.3, -0.25) is 0 Å². The van der Waals surface area contributed by atoms with Crippen molar-refractivity contribution >= 4 is 21.8 Å². The Labute approximate surface area is 301 Å². The van der Waals surface area contributed by atoms with Crippen molar-refractivity contribution in [3.63, 3.8) is 0 Å². The summed E-state index contributed by atoms with van der Waals surface area (Å²) in [6.45, 7) is 0. The summed E-state index contributed by atoms with van der Waals surface area (Å²) in [5, 5.41) is 11.8. The number of aromatic nitrogens is 4. The Morgan fingerprint density at radius 2 is 0.885 bits per heavy atom. The molecule has 0 bridgehead atoms. The summed E-state index contributed by atoms with van der Waals surface area (Å²) in [7, 11) is 0. The molecule has 0 fully saturated rings. The molecule has 7 aromatic carbocycles. The molecule has 0 saturated heterocycles. The smallest absolute Gasteiger partial charge is 0.160 e. The van der Waals surface area contributed by atoms with Crippen LogP contribution in [0.3, 0.4) is 0 Å². The lowest BCUT2D eigenvalue weighted by Crippen LogP contribution is -1.97. The quantitative estimate of drug-likeness (QED) is 0.177. The molecule has 0 aliphatic rings. The van der Waals surface area contributed by atoms with Gasteiger partial charge in [-0.15, -0.1) is 0 Å². The van der Waals surface area contributed by atoms with E-state index in [0.717, 1.165) is 83.5 Å². The molecule has 2 aromatic heterocycles. The van der Waals surface area contributed by atoms with Crippen molar-refractivity contribution < 1.29 is 0 Å². The maximum atomic E-state index is 9.66. The van der Waals surface area contributed by atoms with Gasteiger partial charge in [-0.25, -0.2) is 19.9 Å². The second-order valence-corrected chi connectivity index (χ2v) is 12.6. The van der Waals surface area contributed by atoms with E-state index in [1.165, 1.54) is 0 Å². The molecular weight excluding hydrogens is 635 g/mol. The highest BCUT2D eigenvalue weighted by Crippen LogP contribution is 2.39. The first-order valence-electron chi connectivity index (χ1n) is 17.1. The van der Waals surface area contributed by atoms with E-state index in [4.69, 9.17) is 19.9 Å². The second-order valence-electron chi connectivity index (χ2n) is 12.6. The first kappa shape index (κ1) is 30.7. The lowest BCUT2D eigenvalue weighted by Gasteiger charge is -2.15. The van der Waals surface area contributed by atoms with Gasteiger partial charge >= 0.3 is 0 Å². The number of nitriles is 1. The fraction of sp³-hybridized carbons (Fsp3) is 0. The van der Waals surface area contributed by atoms with E-state index >= 15 is 0 Å². The number of para-hydroxylation sites is 2. The highest BCUT2D eigenvalue weighted by molar-refractivity contribution is 6.06. The molecule has 0 aliphatic heterocycles. The molecule has 9 rings (SSSR count). The van der Waals surface area contributed by atoms with E-state index in [2.05, 4.69) is 84.9 Å². The molecule has 0 unspecified atom stereocenters. The normalized spacial score (nSPS) is 11.1. The van der Waals surface area contributed by atoms with Crippen molar-refractivity contribution in [2.45, 2.75) is 0 Å². The molecule has 9 aromatic rings. The lowest BCUT2D eigenvalue weighted by atomic mass is 9.91. The topological polar surface area (TPSA) is 75.3 Å². The van der Waals surface area contributed by atoms with Crippen molar-refractivity contribution in [1.29, 1.82) is 5.26 Å². The summed E-state index contributed by atoms with van der Waals surface area (Å²) in [6, 6.07) is 61.5. The summed E-state index contributed by atoms with van der Waals surface area (Å²) in [6.07, 6.45) is 0. The average molecular weight is 664 g/mol. The summed E-state index contributed by atoms with van der Waals surface area (Å²) in [5.74, 6) is 0.693. The average Bonchev–Trinajstić information content (AvgIpc) is 3.23. The SMILES string of the molecule is N#Cc1cccc(-c2nc3ccccc3nc2-c2ccc(-c3ccc(-c4cc(-c5ccccc5)nc(-c5ccccc5)n4)cc3)c3ccccc23)c1. The van der Waals surface area contributed by atoms with Gasteiger partial charge in [-0.05, 0) is 52.2 Å². The van der Waals surface area contributed by atoms with Gasteiger partial charge in [0, 0.05) is 27.8 Å². The van der Waals surface area contributed by atoms with Crippen LogP contribution in [-0.2, 0) is 0 Å². The van der Waals surface area contributed by atoms with Crippen LogP contribution in [0.25, 0.3) is 89.4 Å². The second kappa shape index (κ2) is 13.2. The van der Waals surface area contributed by atoms with Crippen LogP contribution in [0.15, 0.2) is 176 Å². The highest BCUT2D eigenvalue weighted by atomic mass is 14.9. The van der Waals surface area contributed by atoms with Crippen LogP contribution in [0.1, 0.15) is 5.56 Å². The number of hydrogen-bond donors (Lipinski definition) is 0.